The zero-order valence-corrected chi connectivity index (χ0v) is 8.40. The third kappa shape index (κ3) is 3.24. The van der Waals surface area contributed by atoms with Gasteiger partial charge in [0.2, 0.25) is 0 Å². The highest BCUT2D eigenvalue weighted by Crippen LogP contribution is 2.23. The number of nitrogens with zero attached hydrogens (tertiary/aromatic N) is 1. The molecule has 0 unspecified atom stereocenters. The molecule has 0 saturated heterocycles. The van der Waals surface area contributed by atoms with Crippen LogP contribution in [-0.4, -0.2) is 17.5 Å². The van der Waals surface area contributed by atoms with E-state index >= 15 is 0 Å². The van der Waals surface area contributed by atoms with Crippen LogP contribution >= 0.6 is 23.5 Å². The lowest BCUT2D eigenvalue weighted by Crippen LogP contribution is -2.11. The average Bonchev–Trinajstić information content (AvgIpc) is 2.08. The minimum atomic E-state index is -1.47. The molecule has 1 aromatic carbocycles. The molecule has 5 heteroatoms. The summed E-state index contributed by atoms with van der Waals surface area (Å²) in [5, 5.41) is 0.610. The zero-order valence-electron chi connectivity index (χ0n) is 6.83. The van der Waals surface area contributed by atoms with Gasteiger partial charge in [0.25, 0.3) is 0 Å². The maximum atomic E-state index is 12.1. The molecule has 0 aliphatic heterocycles. The Balaban J connectivity index is 2.64. The van der Waals surface area contributed by atoms with Crippen LogP contribution < -0.4 is 0 Å². The lowest BCUT2D eigenvalue weighted by molar-refractivity contribution is 0.209. The highest BCUT2D eigenvalue weighted by Gasteiger charge is 2.07. The fourth-order valence-electron chi connectivity index (χ4n) is 0.689. The first-order chi connectivity index (χ1) is 6.09. The molecular weight excluding hydrogens is 213 g/mol. The molecular formula is C8H7ClFNOS. The molecule has 1 amide bonds. The number of hydrogen-bond donors (Lipinski definition) is 0. The van der Waals surface area contributed by atoms with Crippen LogP contribution in [0.3, 0.4) is 0 Å². The molecule has 0 heterocycles. The van der Waals surface area contributed by atoms with Gasteiger partial charge >= 0.3 is 6.16 Å². The van der Waals surface area contributed by atoms with Crippen LogP contribution in [0.2, 0.25) is 5.02 Å². The van der Waals surface area contributed by atoms with Crippen LogP contribution in [0, 0.1) is 0 Å². The van der Waals surface area contributed by atoms with E-state index in [9.17, 15) is 9.18 Å². The molecule has 0 fully saturated rings. The highest BCUT2D eigenvalue weighted by molar-refractivity contribution is 7.97. The standard InChI is InChI=1S/C8H7ClFNOS/c1-11(8(10)12)13-7-4-2-6(9)3-5-7/h2-5H,1H3. The summed E-state index contributed by atoms with van der Waals surface area (Å²) in [7, 11) is 1.36. The summed E-state index contributed by atoms with van der Waals surface area (Å²) in [6.07, 6.45) is -1.47. The number of halogens is 2. The predicted octanol–water partition coefficient (Wildman–Crippen LogP) is 3.37. The van der Waals surface area contributed by atoms with Gasteiger partial charge in [-0.3, -0.25) is 4.31 Å². The Bertz CT molecular complexity index is 304. The summed E-state index contributed by atoms with van der Waals surface area (Å²) in [5.74, 6) is 0. The van der Waals surface area contributed by atoms with E-state index in [0.29, 0.717) is 5.02 Å². The van der Waals surface area contributed by atoms with Crippen LogP contribution in [-0.2, 0) is 0 Å². The number of amides is 1. The topological polar surface area (TPSA) is 20.3 Å². The molecule has 1 rings (SSSR count). The van der Waals surface area contributed by atoms with Crippen LogP contribution in [0.1, 0.15) is 0 Å². The van der Waals surface area contributed by atoms with Gasteiger partial charge in [0, 0.05) is 17.0 Å². The number of benzene rings is 1. The van der Waals surface area contributed by atoms with Crippen LogP contribution in [0.25, 0.3) is 0 Å². The molecule has 0 aliphatic rings. The third-order valence-corrected chi connectivity index (χ3v) is 2.46. The van der Waals surface area contributed by atoms with E-state index in [0.717, 1.165) is 21.1 Å². The second kappa shape index (κ2) is 4.48. The van der Waals surface area contributed by atoms with Gasteiger partial charge in [0.05, 0.1) is 0 Å². The second-order valence-electron chi connectivity index (χ2n) is 2.30. The Hall–Kier alpha value is -0.740. The monoisotopic (exact) mass is 219 g/mol. The van der Waals surface area contributed by atoms with Crippen molar-refractivity contribution in [2.75, 3.05) is 7.05 Å². The van der Waals surface area contributed by atoms with Crippen molar-refractivity contribution in [3.05, 3.63) is 29.3 Å². The van der Waals surface area contributed by atoms with Crippen LogP contribution in [0.4, 0.5) is 9.18 Å². The van der Waals surface area contributed by atoms with Crippen LogP contribution in [0.15, 0.2) is 29.2 Å². The van der Waals surface area contributed by atoms with Gasteiger partial charge in [0.1, 0.15) is 0 Å². The van der Waals surface area contributed by atoms with Gasteiger partial charge in [-0.05, 0) is 36.2 Å². The van der Waals surface area contributed by atoms with E-state index in [1.165, 1.54) is 7.05 Å². The summed E-state index contributed by atoms with van der Waals surface area (Å²) >= 11 is 6.66. The quantitative estimate of drug-likeness (QED) is 0.432. The van der Waals surface area contributed by atoms with Crippen LogP contribution in [0.5, 0.6) is 0 Å². The molecule has 0 saturated carbocycles. The summed E-state index contributed by atoms with van der Waals surface area (Å²) < 4.78 is 13.0. The summed E-state index contributed by atoms with van der Waals surface area (Å²) in [6.45, 7) is 0. The van der Waals surface area contributed by atoms with E-state index in [2.05, 4.69) is 0 Å². The van der Waals surface area contributed by atoms with E-state index in [1.54, 1.807) is 24.3 Å². The second-order valence-corrected chi connectivity index (χ2v) is 3.93. The van der Waals surface area contributed by atoms with Gasteiger partial charge in [0.15, 0.2) is 0 Å². The maximum absolute atomic E-state index is 12.1. The van der Waals surface area contributed by atoms with Crippen molar-refractivity contribution in [2.45, 2.75) is 4.90 Å². The van der Waals surface area contributed by atoms with Gasteiger partial charge in [-0.1, -0.05) is 11.6 Å². The molecule has 0 spiro atoms. The SMILES string of the molecule is CN(Sc1ccc(Cl)cc1)C(=O)F. The van der Waals surface area contributed by atoms with E-state index in [1.807, 2.05) is 0 Å². The number of carbonyl (C=O) groups excluding carboxylic acids is 1. The molecule has 13 heavy (non-hydrogen) atoms. The summed E-state index contributed by atoms with van der Waals surface area (Å²) in [5.41, 5.74) is 0. The average molecular weight is 220 g/mol. The van der Waals surface area contributed by atoms with Crippen molar-refractivity contribution in [1.29, 1.82) is 0 Å². The van der Waals surface area contributed by atoms with E-state index in [4.69, 9.17) is 11.6 Å². The first kappa shape index (κ1) is 10.3. The predicted molar refractivity (Wildman–Crippen MR) is 51.6 cm³/mol. The van der Waals surface area contributed by atoms with E-state index < -0.39 is 6.16 Å². The fourth-order valence-corrected chi connectivity index (χ4v) is 1.46. The zero-order chi connectivity index (χ0) is 9.84. The molecule has 0 atom stereocenters. The van der Waals surface area contributed by atoms with Gasteiger partial charge < -0.3 is 0 Å². The van der Waals surface area contributed by atoms with E-state index in [-0.39, 0.29) is 0 Å². The minimum absolute atomic E-state index is 0.610. The number of rotatable bonds is 2. The normalized spacial score (nSPS) is 9.77. The van der Waals surface area contributed by atoms with Crippen molar-refractivity contribution in [2.24, 2.45) is 0 Å². The lowest BCUT2D eigenvalue weighted by Gasteiger charge is -2.09. The molecule has 70 valence electrons. The minimum Gasteiger partial charge on any atom is -0.257 e. The van der Waals surface area contributed by atoms with Gasteiger partial charge in [-0.2, -0.15) is 0 Å². The molecule has 0 aliphatic carbocycles. The number of hydrogen-bond acceptors (Lipinski definition) is 2. The van der Waals surface area contributed by atoms with Gasteiger partial charge in [-0.15, -0.1) is 4.39 Å². The largest absolute Gasteiger partial charge is 0.410 e. The van der Waals surface area contributed by atoms with Crippen molar-refractivity contribution < 1.29 is 9.18 Å². The van der Waals surface area contributed by atoms with Crippen molar-refractivity contribution in [3.8, 4) is 0 Å². The van der Waals surface area contributed by atoms with Gasteiger partial charge in [-0.25, -0.2) is 4.79 Å². The highest BCUT2D eigenvalue weighted by atomic mass is 35.5. The Morgan fingerprint density at radius 2 is 2.00 bits per heavy atom. The third-order valence-electron chi connectivity index (χ3n) is 1.30. The molecule has 1 aromatic rings. The Labute approximate surface area is 84.8 Å². The fraction of sp³-hybridized carbons (Fsp3) is 0.125. The molecule has 0 radical (unpaired) electrons. The summed E-state index contributed by atoms with van der Waals surface area (Å²) in [4.78, 5) is 11.0. The Morgan fingerprint density at radius 1 is 1.46 bits per heavy atom. The Kier molecular flexibility index (Phi) is 3.57. The lowest BCUT2D eigenvalue weighted by atomic mass is 10.4. The molecule has 0 bridgehead atoms. The summed E-state index contributed by atoms with van der Waals surface area (Å²) in [6, 6.07) is 6.79. The number of carbonyl (C=O) groups is 1. The smallest absolute Gasteiger partial charge is 0.257 e. The molecule has 2 nitrogen and oxygen atoms in total. The van der Waals surface area contributed by atoms with Crippen molar-refractivity contribution >= 4 is 29.7 Å². The van der Waals surface area contributed by atoms with Crippen molar-refractivity contribution in [1.82, 2.24) is 4.31 Å². The molecule has 0 aromatic heterocycles. The maximum Gasteiger partial charge on any atom is 0.410 e. The Morgan fingerprint density at radius 3 is 2.46 bits per heavy atom. The first-order valence-electron chi connectivity index (χ1n) is 3.46. The first-order valence-corrected chi connectivity index (χ1v) is 4.61. The molecule has 0 N–H and O–H groups in total. The van der Waals surface area contributed by atoms with Crippen molar-refractivity contribution in [3.63, 3.8) is 0 Å².